The number of aryl methyl sites for hydroxylation is 1. The van der Waals surface area contributed by atoms with Gasteiger partial charge in [0.2, 0.25) is 15.9 Å². The Kier molecular flexibility index (Phi) is 2.88. The normalized spacial score (nSPS) is 20.9. The molecule has 0 saturated carbocycles. The molecule has 1 aliphatic rings. The van der Waals surface area contributed by atoms with Crippen molar-refractivity contribution in [2.24, 2.45) is 5.14 Å². The van der Waals surface area contributed by atoms with Gasteiger partial charge >= 0.3 is 0 Å². The maximum atomic E-state index is 11.8. The second-order valence-electron chi connectivity index (χ2n) is 4.03. The van der Waals surface area contributed by atoms with E-state index in [0.29, 0.717) is 11.4 Å². The summed E-state index contributed by atoms with van der Waals surface area (Å²) in [4.78, 5) is 17.3. The fraction of sp³-hybridized carbons (Fsp3) is 0.400. The molecule has 1 fully saturated rings. The van der Waals surface area contributed by atoms with Crippen LogP contribution in [0.2, 0.25) is 0 Å². The van der Waals surface area contributed by atoms with Crippen molar-refractivity contribution in [1.29, 1.82) is 0 Å². The molecule has 17 heavy (non-hydrogen) atoms. The quantitative estimate of drug-likeness (QED) is 0.790. The van der Waals surface area contributed by atoms with Crippen molar-refractivity contribution < 1.29 is 13.2 Å². The second kappa shape index (κ2) is 4.08. The van der Waals surface area contributed by atoms with E-state index < -0.39 is 15.3 Å². The van der Waals surface area contributed by atoms with E-state index in [1.165, 1.54) is 4.90 Å². The summed E-state index contributed by atoms with van der Waals surface area (Å²) in [6, 6.07) is 3.45. The highest BCUT2D eigenvalue weighted by Gasteiger charge is 2.37. The largest absolute Gasteiger partial charge is 0.309 e. The van der Waals surface area contributed by atoms with Gasteiger partial charge in [-0.15, -0.1) is 0 Å². The number of hydrogen-bond acceptors (Lipinski definition) is 4. The van der Waals surface area contributed by atoms with Gasteiger partial charge in [-0.1, -0.05) is 0 Å². The van der Waals surface area contributed by atoms with E-state index in [-0.39, 0.29) is 18.9 Å². The van der Waals surface area contributed by atoms with Crippen molar-refractivity contribution in [2.45, 2.75) is 18.6 Å². The Bertz CT molecular complexity index is 556. The van der Waals surface area contributed by atoms with Crippen molar-refractivity contribution in [1.82, 2.24) is 4.98 Å². The molecular weight excluding hydrogens is 242 g/mol. The predicted molar refractivity (Wildman–Crippen MR) is 62.8 cm³/mol. The molecule has 1 saturated heterocycles. The fourth-order valence-corrected chi connectivity index (χ4v) is 2.62. The maximum absolute atomic E-state index is 11.8. The van der Waals surface area contributed by atoms with Crippen LogP contribution in [0.25, 0.3) is 0 Å². The van der Waals surface area contributed by atoms with Crippen LogP contribution in [0.1, 0.15) is 12.1 Å². The monoisotopic (exact) mass is 255 g/mol. The van der Waals surface area contributed by atoms with E-state index in [2.05, 4.69) is 4.98 Å². The zero-order chi connectivity index (χ0) is 12.6. The highest BCUT2D eigenvalue weighted by atomic mass is 32.2. The zero-order valence-electron chi connectivity index (χ0n) is 9.33. The first kappa shape index (κ1) is 12.0. The smallest absolute Gasteiger partial charge is 0.228 e. The number of aromatic nitrogens is 1. The number of rotatable bonds is 2. The van der Waals surface area contributed by atoms with Gasteiger partial charge in [0.15, 0.2) is 0 Å². The predicted octanol–water partition coefficient (Wildman–Crippen LogP) is -0.216. The van der Waals surface area contributed by atoms with E-state index >= 15 is 0 Å². The van der Waals surface area contributed by atoms with Crippen LogP contribution < -0.4 is 10.0 Å². The summed E-state index contributed by atoms with van der Waals surface area (Å²) in [6.07, 6.45) is 1.56. The lowest BCUT2D eigenvalue weighted by Gasteiger charge is -2.17. The highest BCUT2D eigenvalue weighted by molar-refractivity contribution is 7.89. The van der Waals surface area contributed by atoms with Gasteiger partial charge in [0.05, 0.1) is 11.4 Å². The lowest BCUT2D eigenvalue weighted by atomic mass is 10.3. The third-order valence-electron chi connectivity index (χ3n) is 2.82. The summed E-state index contributed by atoms with van der Waals surface area (Å²) in [5, 5.41) is 4.23. The lowest BCUT2D eigenvalue weighted by Crippen LogP contribution is -2.32. The van der Waals surface area contributed by atoms with Crippen molar-refractivity contribution in [3.05, 3.63) is 24.0 Å². The molecule has 0 bridgehead atoms. The molecule has 2 rings (SSSR count). The maximum Gasteiger partial charge on any atom is 0.228 e. The zero-order valence-corrected chi connectivity index (χ0v) is 10.1. The van der Waals surface area contributed by atoms with Crippen LogP contribution >= 0.6 is 0 Å². The number of nitrogens with zero attached hydrogens (tertiary/aromatic N) is 2. The Balaban J connectivity index is 2.31. The van der Waals surface area contributed by atoms with Crippen molar-refractivity contribution in [3.8, 4) is 0 Å². The third-order valence-corrected chi connectivity index (χ3v) is 4.07. The molecule has 1 amide bonds. The number of primary sulfonamides is 1. The van der Waals surface area contributed by atoms with Gasteiger partial charge in [0.1, 0.15) is 5.25 Å². The first-order valence-corrected chi connectivity index (χ1v) is 6.74. The van der Waals surface area contributed by atoms with Crippen LogP contribution in [0.5, 0.6) is 0 Å². The summed E-state index contributed by atoms with van der Waals surface area (Å²) in [5.41, 5.74) is 1.33. The summed E-state index contributed by atoms with van der Waals surface area (Å²) < 4.78 is 22.4. The first-order chi connectivity index (χ1) is 7.89. The summed E-state index contributed by atoms with van der Waals surface area (Å²) in [7, 11) is -3.67. The molecule has 0 radical (unpaired) electrons. The number of nitrogens with two attached hydrogens (primary N) is 1. The van der Waals surface area contributed by atoms with Gasteiger partial charge in [-0.3, -0.25) is 9.78 Å². The SMILES string of the molecule is Cc1ncccc1N1CC(S(N)(=O)=O)CC1=O. The Labute approximate surface area is 99.5 Å². The Morgan fingerprint density at radius 1 is 1.53 bits per heavy atom. The summed E-state index contributed by atoms with van der Waals surface area (Å²) in [5.74, 6) is -0.236. The van der Waals surface area contributed by atoms with E-state index in [0.717, 1.165) is 0 Å². The Morgan fingerprint density at radius 3 is 2.76 bits per heavy atom. The van der Waals surface area contributed by atoms with Gasteiger partial charge in [-0.25, -0.2) is 13.6 Å². The molecule has 2 heterocycles. The van der Waals surface area contributed by atoms with Crippen LogP contribution in [0, 0.1) is 6.92 Å². The van der Waals surface area contributed by atoms with E-state index in [4.69, 9.17) is 5.14 Å². The number of pyridine rings is 1. The van der Waals surface area contributed by atoms with E-state index in [9.17, 15) is 13.2 Å². The average molecular weight is 255 g/mol. The van der Waals surface area contributed by atoms with Gasteiger partial charge < -0.3 is 4.90 Å². The van der Waals surface area contributed by atoms with Crippen LogP contribution in [0.15, 0.2) is 18.3 Å². The first-order valence-electron chi connectivity index (χ1n) is 5.13. The number of anilines is 1. The molecule has 0 aromatic carbocycles. The molecule has 1 aliphatic heterocycles. The number of sulfonamides is 1. The number of carbonyl (C=O) groups excluding carboxylic acids is 1. The number of hydrogen-bond donors (Lipinski definition) is 1. The van der Waals surface area contributed by atoms with Crippen LogP contribution in [-0.4, -0.2) is 31.1 Å². The molecule has 0 aliphatic carbocycles. The molecule has 1 aromatic heterocycles. The fourth-order valence-electron chi connectivity index (χ4n) is 1.89. The second-order valence-corrected chi connectivity index (χ2v) is 5.87. The molecule has 1 aromatic rings. The molecule has 92 valence electrons. The third kappa shape index (κ3) is 2.29. The minimum absolute atomic E-state index is 0.0623. The molecule has 1 unspecified atom stereocenters. The lowest BCUT2D eigenvalue weighted by molar-refractivity contribution is -0.117. The van der Waals surface area contributed by atoms with Crippen molar-refractivity contribution in [2.75, 3.05) is 11.4 Å². The van der Waals surface area contributed by atoms with E-state index in [1.54, 1.807) is 25.3 Å². The minimum Gasteiger partial charge on any atom is -0.309 e. The molecule has 0 spiro atoms. The van der Waals surface area contributed by atoms with E-state index in [1.807, 2.05) is 0 Å². The number of amides is 1. The highest BCUT2D eigenvalue weighted by Crippen LogP contribution is 2.25. The molecular formula is C10H13N3O3S. The van der Waals surface area contributed by atoms with Gasteiger partial charge in [-0.05, 0) is 19.1 Å². The minimum atomic E-state index is -3.67. The van der Waals surface area contributed by atoms with Crippen LogP contribution in [0.3, 0.4) is 0 Å². The van der Waals surface area contributed by atoms with Crippen molar-refractivity contribution >= 4 is 21.6 Å². The summed E-state index contributed by atoms with van der Waals surface area (Å²) in [6.45, 7) is 1.87. The standard InChI is InChI=1S/C10H13N3O3S/c1-7-9(3-2-4-12-7)13-6-8(5-10(13)14)17(11,15)16/h2-4,8H,5-6H2,1H3,(H2,11,15,16). The van der Waals surface area contributed by atoms with Crippen molar-refractivity contribution in [3.63, 3.8) is 0 Å². The topological polar surface area (TPSA) is 93.4 Å². The van der Waals surface area contributed by atoms with Gasteiger partial charge in [0, 0.05) is 19.2 Å². The molecule has 7 heteroatoms. The van der Waals surface area contributed by atoms with Crippen LogP contribution in [0.4, 0.5) is 5.69 Å². The number of carbonyl (C=O) groups is 1. The van der Waals surface area contributed by atoms with Gasteiger partial charge in [0.25, 0.3) is 0 Å². The summed E-state index contributed by atoms with van der Waals surface area (Å²) >= 11 is 0. The Morgan fingerprint density at radius 2 is 2.24 bits per heavy atom. The van der Waals surface area contributed by atoms with Crippen LogP contribution in [-0.2, 0) is 14.8 Å². The molecule has 1 atom stereocenters. The Hall–Kier alpha value is -1.47. The molecule has 2 N–H and O–H groups in total. The molecule has 6 nitrogen and oxygen atoms in total. The van der Waals surface area contributed by atoms with Gasteiger partial charge in [-0.2, -0.15) is 0 Å². The average Bonchev–Trinajstić information content (AvgIpc) is 2.61.